The number of aryl methyl sites for hydroxylation is 1. The number of ether oxygens (including phenoxy) is 1. The number of benzene rings is 1. The molecular weight excluding hydrogens is 292 g/mol. The molecule has 0 aliphatic carbocycles. The monoisotopic (exact) mass is 316 g/mol. The molecule has 0 fully saturated rings. The van der Waals surface area contributed by atoms with Crippen molar-refractivity contribution in [3.05, 3.63) is 57.8 Å². The van der Waals surface area contributed by atoms with Crippen LogP contribution in [-0.2, 0) is 6.54 Å². The molecule has 23 heavy (non-hydrogen) atoms. The van der Waals surface area contributed by atoms with E-state index in [1.165, 1.54) is 10.9 Å². The highest BCUT2D eigenvalue weighted by molar-refractivity contribution is 5.35. The molecule has 5 heteroatoms. The average molecular weight is 316 g/mol. The van der Waals surface area contributed by atoms with E-state index in [0.29, 0.717) is 17.2 Å². The summed E-state index contributed by atoms with van der Waals surface area (Å²) >= 11 is 0. The Morgan fingerprint density at radius 1 is 1.26 bits per heavy atom. The van der Waals surface area contributed by atoms with E-state index in [1.54, 1.807) is 13.8 Å². The topological polar surface area (TPSA) is 64.3 Å². The molecule has 0 saturated heterocycles. The van der Waals surface area contributed by atoms with Gasteiger partial charge in [-0.3, -0.25) is 9.36 Å². The minimum atomic E-state index is -0.781. The summed E-state index contributed by atoms with van der Waals surface area (Å²) in [5, 5.41) is 10.2. The first-order valence-corrected chi connectivity index (χ1v) is 7.82. The van der Waals surface area contributed by atoms with Crippen molar-refractivity contribution < 1.29 is 9.84 Å². The third kappa shape index (κ3) is 4.20. The van der Waals surface area contributed by atoms with Gasteiger partial charge in [-0.2, -0.15) is 0 Å². The van der Waals surface area contributed by atoms with Crippen molar-refractivity contribution in [3.63, 3.8) is 0 Å². The molecule has 0 bridgehead atoms. The molecular formula is C18H24N2O3. The van der Waals surface area contributed by atoms with E-state index in [-0.39, 0.29) is 18.7 Å². The van der Waals surface area contributed by atoms with Gasteiger partial charge < -0.3 is 9.84 Å². The van der Waals surface area contributed by atoms with Gasteiger partial charge in [0.05, 0.1) is 12.9 Å². The average Bonchev–Trinajstić information content (AvgIpc) is 2.53. The first-order chi connectivity index (χ1) is 10.9. The highest BCUT2D eigenvalue weighted by atomic mass is 16.5. The molecule has 1 atom stereocenters. The van der Waals surface area contributed by atoms with Crippen molar-refractivity contribution in [2.75, 3.05) is 6.61 Å². The molecule has 1 aromatic carbocycles. The minimum absolute atomic E-state index is 0.126. The quantitative estimate of drug-likeness (QED) is 0.889. The van der Waals surface area contributed by atoms with Crippen LogP contribution in [0.2, 0.25) is 0 Å². The second kappa shape index (κ2) is 7.42. The summed E-state index contributed by atoms with van der Waals surface area (Å²) in [5.41, 5.74) is 2.29. The lowest BCUT2D eigenvalue weighted by Gasteiger charge is -2.17. The largest absolute Gasteiger partial charge is 0.491 e. The van der Waals surface area contributed by atoms with Crippen LogP contribution >= 0.6 is 0 Å². The number of nitrogens with zero attached hydrogens (tertiary/aromatic N) is 2. The molecule has 0 amide bonds. The van der Waals surface area contributed by atoms with Crippen LogP contribution in [0.4, 0.5) is 0 Å². The van der Waals surface area contributed by atoms with Gasteiger partial charge in [-0.05, 0) is 31.4 Å². The Kier molecular flexibility index (Phi) is 5.55. The van der Waals surface area contributed by atoms with Gasteiger partial charge in [0, 0.05) is 11.3 Å². The fourth-order valence-corrected chi connectivity index (χ4v) is 2.36. The number of aromatic nitrogens is 2. The zero-order valence-electron chi connectivity index (χ0n) is 14.1. The van der Waals surface area contributed by atoms with Crippen LogP contribution in [0.5, 0.6) is 5.75 Å². The summed E-state index contributed by atoms with van der Waals surface area (Å²) < 4.78 is 7.16. The van der Waals surface area contributed by atoms with Gasteiger partial charge in [0.15, 0.2) is 0 Å². The van der Waals surface area contributed by atoms with Gasteiger partial charge in [0.25, 0.3) is 5.56 Å². The number of aliphatic hydroxyl groups excluding tert-OH is 1. The first-order valence-electron chi connectivity index (χ1n) is 7.82. The molecule has 0 aliphatic heterocycles. The van der Waals surface area contributed by atoms with Crippen molar-refractivity contribution in [1.82, 2.24) is 9.55 Å². The van der Waals surface area contributed by atoms with E-state index >= 15 is 0 Å². The zero-order chi connectivity index (χ0) is 17.0. The number of hydrogen-bond donors (Lipinski definition) is 1. The Hall–Kier alpha value is -2.14. The smallest absolute Gasteiger partial charge is 0.256 e. The normalized spacial score (nSPS) is 12.4. The van der Waals surface area contributed by atoms with Gasteiger partial charge in [-0.1, -0.05) is 32.0 Å². The van der Waals surface area contributed by atoms with Gasteiger partial charge in [-0.15, -0.1) is 0 Å². The van der Waals surface area contributed by atoms with Crippen LogP contribution in [0.1, 0.15) is 36.6 Å². The Morgan fingerprint density at radius 3 is 2.65 bits per heavy atom. The predicted octanol–water partition coefficient (Wildman–Crippen LogP) is 2.42. The summed E-state index contributed by atoms with van der Waals surface area (Å²) in [7, 11) is 0. The molecule has 5 nitrogen and oxygen atoms in total. The number of para-hydroxylation sites is 1. The second-order valence-corrected chi connectivity index (χ2v) is 6.07. The molecule has 0 aliphatic rings. The highest BCUT2D eigenvalue weighted by Crippen LogP contribution is 2.25. The number of rotatable bonds is 6. The van der Waals surface area contributed by atoms with Gasteiger partial charge in [0.1, 0.15) is 18.5 Å². The lowest BCUT2D eigenvalue weighted by molar-refractivity contribution is 0.0906. The van der Waals surface area contributed by atoms with Gasteiger partial charge in [-0.25, -0.2) is 4.98 Å². The van der Waals surface area contributed by atoms with Gasteiger partial charge >= 0.3 is 0 Å². The minimum Gasteiger partial charge on any atom is -0.491 e. The lowest BCUT2D eigenvalue weighted by Crippen LogP contribution is -2.32. The van der Waals surface area contributed by atoms with Crippen LogP contribution < -0.4 is 10.3 Å². The summed E-state index contributed by atoms with van der Waals surface area (Å²) in [6.45, 7) is 8.02. The third-order valence-electron chi connectivity index (χ3n) is 3.89. The summed E-state index contributed by atoms with van der Waals surface area (Å²) in [6.07, 6.45) is 0.687. The maximum Gasteiger partial charge on any atom is 0.256 e. The van der Waals surface area contributed by atoms with Crippen molar-refractivity contribution in [1.29, 1.82) is 0 Å². The van der Waals surface area contributed by atoms with Crippen molar-refractivity contribution in [3.8, 4) is 5.75 Å². The van der Waals surface area contributed by atoms with E-state index < -0.39 is 6.10 Å². The van der Waals surface area contributed by atoms with Crippen molar-refractivity contribution in [2.45, 2.75) is 46.3 Å². The number of aliphatic hydroxyl groups is 1. The first kappa shape index (κ1) is 17.2. The maximum absolute atomic E-state index is 12.1. The summed E-state index contributed by atoms with van der Waals surface area (Å²) in [4.78, 5) is 16.3. The van der Waals surface area contributed by atoms with Crippen LogP contribution in [0, 0.1) is 13.8 Å². The van der Waals surface area contributed by atoms with E-state index in [9.17, 15) is 9.90 Å². The molecule has 0 saturated carbocycles. The second-order valence-electron chi connectivity index (χ2n) is 6.07. The zero-order valence-corrected chi connectivity index (χ0v) is 14.1. The standard InChI is InChI=1S/C18H24N2O3/c1-12(2)16-7-5-6-8-17(16)23-10-15(21)9-20-11-19-14(4)13(3)18(20)22/h5-8,11-12,15,21H,9-10H2,1-4H3. The van der Waals surface area contributed by atoms with Crippen molar-refractivity contribution >= 4 is 0 Å². The highest BCUT2D eigenvalue weighted by Gasteiger charge is 2.12. The van der Waals surface area contributed by atoms with Crippen LogP contribution in [0.25, 0.3) is 0 Å². The predicted molar refractivity (Wildman–Crippen MR) is 90.0 cm³/mol. The Bertz CT molecular complexity index is 722. The summed E-state index contributed by atoms with van der Waals surface area (Å²) in [5.74, 6) is 1.11. The van der Waals surface area contributed by atoms with Crippen LogP contribution in [0.3, 0.4) is 0 Å². The Labute approximate surface area is 136 Å². The van der Waals surface area contributed by atoms with E-state index in [1.807, 2.05) is 24.3 Å². The molecule has 1 aromatic heterocycles. The number of hydrogen-bond acceptors (Lipinski definition) is 4. The Balaban J connectivity index is 2.03. The fourth-order valence-electron chi connectivity index (χ4n) is 2.36. The molecule has 2 aromatic rings. The molecule has 124 valence electrons. The molecule has 1 N–H and O–H groups in total. The van der Waals surface area contributed by atoms with E-state index in [4.69, 9.17) is 4.74 Å². The molecule has 0 radical (unpaired) electrons. The van der Waals surface area contributed by atoms with Crippen molar-refractivity contribution in [2.24, 2.45) is 0 Å². The van der Waals surface area contributed by atoms with E-state index in [0.717, 1.165) is 11.3 Å². The molecule has 1 heterocycles. The molecule has 0 spiro atoms. The van der Waals surface area contributed by atoms with Crippen LogP contribution in [-0.4, -0.2) is 27.4 Å². The maximum atomic E-state index is 12.1. The van der Waals surface area contributed by atoms with Crippen LogP contribution in [0.15, 0.2) is 35.4 Å². The van der Waals surface area contributed by atoms with Gasteiger partial charge in [0.2, 0.25) is 0 Å². The molecule has 2 rings (SSSR count). The Morgan fingerprint density at radius 2 is 1.96 bits per heavy atom. The lowest BCUT2D eigenvalue weighted by atomic mass is 10.0. The third-order valence-corrected chi connectivity index (χ3v) is 3.89. The SMILES string of the molecule is Cc1ncn(CC(O)COc2ccccc2C(C)C)c(=O)c1C. The fraction of sp³-hybridized carbons (Fsp3) is 0.444. The van der Waals surface area contributed by atoms with E-state index in [2.05, 4.69) is 18.8 Å². The summed E-state index contributed by atoms with van der Waals surface area (Å²) in [6, 6.07) is 7.79. The molecule has 1 unspecified atom stereocenters.